The summed E-state index contributed by atoms with van der Waals surface area (Å²) in [6, 6.07) is 2.22. The molecular formula is C9H9N3O8. The lowest BCUT2D eigenvalue weighted by Crippen LogP contribution is -2.42. The second-order valence-corrected chi connectivity index (χ2v) is 3.71. The number of benzene rings is 1. The van der Waals surface area contributed by atoms with Crippen LogP contribution in [-0.2, 0) is 0 Å². The first-order chi connectivity index (χ1) is 9.10. The molecule has 0 aliphatic rings. The van der Waals surface area contributed by atoms with Crippen molar-refractivity contribution in [1.82, 2.24) is 5.32 Å². The van der Waals surface area contributed by atoms with Crippen LogP contribution in [0, 0.1) is 20.2 Å². The van der Waals surface area contributed by atoms with Gasteiger partial charge in [-0.15, -0.1) is 0 Å². The van der Waals surface area contributed by atoms with Crippen molar-refractivity contribution in [1.29, 1.82) is 0 Å². The van der Waals surface area contributed by atoms with Gasteiger partial charge in [0, 0.05) is 12.1 Å². The average Bonchev–Trinajstić information content (AvgIpc) is 2.34. The first kappa shape index (κ1) is 15.4. The number of nitrogens with one attached hydrogen (secondary N) is 1. The number of carbonyl (C=O) groups excluding carboxylic acids is 1. The van der Waals surface area contributed by atoms with Gasteiger partial charge in [-0.25, -0.2) is 0 Å². The first-order valence-electron chi connectivity index (χ1n) is 4.99. The maximum atomic E-state index is 11.6. The molecule has 1 aromatic rings. The summed E-state index contributed by atoms with van der Waals surface area (Å²) >= 11 is 0. The highest BCUT2D eigenvalue weighted by atomic mass is 16.7. The Hall–Kier alpha value is -2.63. The van der Waals surface area contributed by atoms with E-state index in [1.165, 1.54) is 0 Å². The van der Waals surface area contributed by atoms with E-state index in [0.29, 0.717) is 6.07 Å². The van der Waals surface area contributed by atoms with Crippen LogP contribution in [0.1, 0.15) is 10.4 Å². The molecule has 0 aliphatic heterocycles. The molecule has 0 fully saturated rings. The predicted octanol–water partition coefficient (Wildman–Crippen LogP) is -1.14. The molecule has 108 valence electrons. The van der Waals surface area contributed by atoms with Crippen molar-refractivity contribution in [3.05, 3.63) is 44.0 Å². The quantitative estimate of drug-likeness (QED) is 0.298. The summed E-state index contributed by atoms with van der Waals surface area (Å²) < 4.78 is 0. The summed E-state index contributed by atoms with van der Waals surface area (Å²) in [7, 11) is 0. The van der Waals surface area contributed by atoms with E-state index in [1.54, 1.807) is 0 Å². The van der Waals surface area contributed by atoms with Gasteiger partial charge in [-0.2, -0.15) is 0 Å². The summed E-state index contributed by atoms with van der Waals surface area (Å²) in [5.41, 5.74) is -1.78. The predicted molar refractivity (Wildman–Crippen MR) is 61.5 cm³/mol. The number of rotatable bonds is 5. The van der Waals surface area contributed by atoms with E-state index in [4.69, 9.17) is 15.3 Å². The molecule has 0 saturated carbocycles. The number of nitro groups is 2. The second-order valence-electron chi connectivity index (χ2n) is 3.71. The van der Waals surface area contributed by atoms with Gasteiger partial charge in [0.05, 0.1) is 28.0 Å². The molecular weight excluding hydrogens is 278 g/mol. The minimum absolute atomic E-state index is 0.435. The van der Waals surface area contributed by atoms with Crippen LogP contribution in [0.15, 0.2) is 18.2 Å². The van der Waals surface area contributed by atoms with Crippen molar-refractivity contribution in [2.24, 2.45) is 0 Å². The first-order valence-corrected chi connectivity index (χ1v) is 4.99. The van der Waals surface area contributed by atoms with Gasteiger partial charge in [0.25, 0.3) is 23.3 Å². The van der Waals surface area contributed by atoms with E-state index >= 15 is 0 Å². The van der Waals surface area contributed by atoms with E-state index < -0.39 is 45.2 Å². The topological polar surface area (TPSA) is 176 Å². The van der Waals surface area contributed by atoms with Crippen LogP contribution >= 0.6 is 0 Å². The Labute approximate surface area is 110 Å². The minimum atomic E-state index is -3.16. The van der Waals surface area contributed by atoms with Crippen molar-refractivity contribution >= 4 is 17.3 Å². The zero-order valence-corrected chi connectivity index (χ0v) is 9.72. The Kier molecular flexibility index (Phi) is 4.29. The maximum Gasteiger partial charge on any atom is 0.293 e. The van der Waals surface area contributed by atoms with Gasteiger partial charge in [-0.3, -0.25) is 25.0 Å². The van der Waals surface area contributed by atoms with E-state index in [9.17, 15) is 25.0 Å². The van der Waals surface area contributed by atoms with Crippen molar-refractivity contribution in [2.75, 3.05) is 6.54 Å². The number of nitrogens with zero attached hydrogens (tertiary/aromatic N) is 2. The van der Waals surface area contributed by atoms with Gasteiger partial charge >= 0.3 is 0 Å². The summed E-state index contributed by atoms with van der Waals surface area (Å²) in [4.78, 5) is 30.9. The summed E-state index contributed by atoms with van der Waals surface area (Å²) in [6.07, 6.45) is 0. The number of nitro benzene ring substituents is 2. The standard InChI is InChI=1S/C9H9N3O8/c13-8(10-4-9(14,15)16)5-1-6(11(17)18)3-7(2-5)12(19)20/h1-3,14-16H,4H2,(H,10,13). The molecule has 1 amide bonds. The fourth-order valence-electron chi connectivity index (χ4n) is 1.24. The maximum absolute atomic E-state index is 11.6. The van der Waals surface area contributed by atoms with Gasteiger partial charge in [0.1, 0.15) is 0 Å². The number of hydrogen-bond acceptors (Lipinski definition) is 8. The number of hydrogen-bond donors (Lipinski definition) is 4. The fraction of sp³-hybridized carbons (Fsp3) is 0.222. The molecule has 0 aliphatic carbocycles. The molecule has 0 radical (unpaired) electrons. The molecule has 0 unspecified atom stereocenters. The Morgan fingerprint density at radius 2 is 1.55 bits per heavy atom. The lowest BCUT2D eigenvalue weighted by molar-refractivity contribution is -0.394. The molecule has 0 spiro atoms. The van der Waals surface area contributed by atoms with Crippen LogP contribution in [0.2, 0.25) is 0 Å². The molecule has 0 heterocycles. The third kappa shape index (κ3) is 4.24. The highest BCUT2D eigenvalue weighted by Crippen LogP contribution is 2.22. The van der Waals surface area contributed by atoms with E-state index in [1.807, 2.05) is 5.32 Å². The molecule has 0 saturated heterocycles. The van der Waals surface area contributed by atoms with E-state index in [0.717, 1.165) is 12.1 Å². The lowest BCUT2D eigenvalue weighted by Gasteiger charge is -2.14. The van der Waals surface area contributed by atoms with Crippen LogP contribution in [0.4, 0.5) is 11.4 Å². The summed E-state index contributed by atoms with van der Waals surface area (Å²) in [6.45, 7) is -0.984. The largest absolute Gasteiger partial charge is 0.344 e. The van der Waals surface area contributed by atoms with E-state index in [-0.39, 0.29) is 0 Å². The minimum Gasteiger partial charge on any atom is -0.344 e. The second kappa shape index (κ2) is 5.56. The van der Waals surface area contributed by atoms with Gasteiger partial charge < -0.3 is 20.6 Å². The van der Waals surface area contributed by atoms with Crippen molar-refractivity contribution < 1.29 is 30.0 Å². The number of amides is 1. The molecule has 0 atom stereocenters. The molecule has 4 N–H and O–H groups in total. The van der Waals surface area contributed by atoms with Crippen LogP contribution < -0.4 is 5.32 Å². The summed E-state index contributed by atoms with van der Waals surface area (Å²) in [5.74, 6) is -4.22. The van der Waals surface area contributed by atoms with Gasteiger partial charge in [-0.05, 0) is 0 Å². The normalized spacial score (nSPS) is 10.9. The Morgan fingerprint density at radius 1 is 1.10 bits per heavy atom. The molecule has 0 bridgehead atoms. The van der Waals surface area contributed by atoms with Gasteiger partial charge in [0.2, 0.25) is 0 Å². The number of aliphatic hydroxyl groups is 3. The van der Waals surface area contributed by atoms with Crippen molar-refractivity contribution in [3.8, 4) is 0 Å². The lowest BCUT2D eigenvalue weighted by atomic mass is 10.1. The number of carbonyl (C=O) groups is 1. The summed E-state index contributed by atoms with van der Waals surface area (Å²) in [5, 5.41) is 48.8. The highest BCUT2D eigenvalue weighted by Gasteiger charge is 2.23. The Bertz CT molecular complexity index is 533. The molecule has 20 heavy (non-hydrogen) atoms. The monoisotopic (exact) mass is 287 g/mol. The van der Waals surface area contributed by atoms with Crippen LogP contribution in [0.3, 0.4) is 0 Å². The molecule has 11 heteroatoms. The van der Waals surface area contributed by atoms with Crippen LogP contribution in [-0.4, -0.2) is 43.6 Å². The SMILES string of the molecule is O=C(NCC(O)(O)O)c1cc([N+](=O)[O-])cc([N+](=O)[O-])c1. The molecule has 11 nitrogen and oxygen atoms in total. The number of non-ortho nitro benzene ring substituents is 2. The van der Waals surface area contributed by atoms with E-state index in [2.05, 4.69) is 0 Å². The van der Waals surface area contributed by atoms with Crippen molar-refractivity contribution in [2.45, 2.75) is 5.97 Å². The molecule has 1 aromatic carbocycles. The fourth-order valence-corrected chi connectivity index (χ4v) is 1.24. The molecule has 0 aromatic heterocycles. The van der Waals surface area contributed by atoms with Crippen LogP contribution in [0.25, 0.3) is 0 Å². The third-order valence-corrected chi connectivity index (χ3v) is 2.07. The van der Waals surface area contributed by atoms with Gasteiger partial charge in [-0.1, -0.05) is 0 Å². The Balaban J connectivity index is 3.07. The average molecular weight is 287 g/mol. The van der Waals surface area contributed by atoms with Crippen molar-refractivity contribution in [3.63, 3.8) is 0 Å². The van der Waals surface area contributed by atoms with Crippen LogP contribution in [0.5, 0.6) is 0 Å². The third-order valence-electron chi connectivity index (χ3n) is 2.07. The zero-order chi connectivity index (χ0) is 15.5. The smallest absolute Gasteiger partial charge is 0.293 e. The Morgan fingerprint density at radius 3 is 1.90 bits per heavy atom. The van der Waals surface area contributed by atoms with Gasteiger partial charge in [0.15, 0.2) is 0 Å². The zero-order valence-electron chi connectivity index (χ0n) is 9.72. The molecule has 1 rings (SSSR count). The highest BCUT2D eigenvalue weighted by molar-refractivity contribution is 5.95.